The van der Waals surface area contributed by atoms with Crippen LogP contribution in [0.3, 0.4) is 0 Å². The van der Waals surface area contributed by atoms with Crippen LogP contribution in [-0.2, 0) is 6.54 Å². The highest BCUT2D eigenvalue weighted by atomic mass is 16.2. The molecule has 176 valence electrons. The van der Waals surface area contributed by atoms with Gasteiger partial charge in [0.2, 0.25) is 0 Å². The Kier molecular flexibility index (Phi) is 7.86. The number of anilines is 1. The largest absolute Gasteiger partial charge is 0.351 e. The molecular weight excluding hydrogens is 422 g/mol. The van der Waals surface area contributed by atoms with Crippen molar-refractivity contribution < 1.29 is 14.4 Å². The molecule has 0 bridgehead atoms. The van der Waals surface area contributed by atoms with E-state index >= 15 is 0 Å². The van der Waals surface area contributed by atoms with Crippen molar-refractivity contribution in [1.29, 1.82) is 0 Å². The first-order chi connectivity index (χ1) is 15.8. The molecule has 2 heterocycles. The van der Waals surface area contributed by atoms with Crippen LogP contribution < -0.4 is 27.4 Å². The lowest BCUT2D eigenvalue weighted by molar-refractivity contribution is 0.0940. The van der Waals surface area contributed by atoms with Crippen LogP contribution in [-0.4, -0.2) is 53.5 Å². The standard InChI is InChI=1S/C23H31N7O3/c1-14(2)12-30-13-17(11-20(30)23(33)27-8-6-25)28-22(32)19-10-16-9-15(3-4-18(16)29-19)21(31)26-7-5-24/h3-4,9-11,13-14,29H,5-8,12,24-25H2,1-2H3,(H,26,31)(H,27,33)(H,28,32). The molecule has 0 aliphatic carbocycles. The number of amides is 3. The van der Waals surface area contributed by atoms with E-state index in [0.717, 1.165) is 10.9 Å². The molecule has 0 spiro atoms. The smallest absolute Gasteiger partial charge is 0.272 e. The number of hydrogen-bond acceptors (Lipinski definition) is 5. The molecule has 3 amide bonds. The first-order valence-corrected chi connectivity index (χ1v) is 10.9. The van der Waals surface area contributed by atoms with Crippen molar-refractivity contribution in [3.63, 3.8) is 0 Å². The van der Waals surface area contributed by atoms with Crippen molar-refractivity contribution in [2.24, 2.45) is 17.4 Å². The molecule has 3 aromatic rings. The highest BCUT2D eigenvalue weighted by molar-refractivity contribution is 6.07. The van der Waals surface area contributed by atoms with E-state index in [9.17, 15) is 14.4 Å². The number of aromatic amines is 1. The highest BCUT2D eigenvalue weighted by Crippen LogP contribution is 2.20. The Hall–Kier alpha value is -3.63. The Morgan fingerprint density at radius 2 is 1.67 bits per heavy atom. The number of carbonyl (C=O) groups is 3. The lowest BCUT2D eigenvalue weighted by Gasteiger charge is -2.11. The summed E-state index contributed by atoms with van der Waals surface area (Å²) >= 11 is 0. The van der Waals surface area contributed by atoms with Gasteiger partial charge in [-0.3, -0.25) is 14.4 Å². The van der Waals surface area contributed by atoms with Crippen LogP contribution in [0.15, 0.2) is 36.5 Å². The monoisotopic (exact) mass is 453 g/mol. The van der Waals surface area contributed by atoms with E-state index < -0.39 is 0 Å². The summed E-state index contributed by atoms with van der Waals surface area (Å²) in [6.07, 6.45) is 1.75. The summed E-state index contributed by atoms with van der Waals surface area (Å²) in [5, 5.41) is 9.06. The van der Waals surface area contributed by atoms with Crippen molar-refractivity contribution in [3.8, 4) is 0 Å². The van der Waals surface area contributed by atoms with Gasteiger partial charge in [0, 0.05) is 55.4 Å². The van der Waals surface area contributed by atoms with E-state index in [1.54, 1.807) is 36.5 Å². The second-order valence-corrected chi connectivity index (χ2v) is 8.19. The quantitative estimate of drug-likeness (QED) is 0.272. The average molecular weight is 454 g/mol. The normalized spacial score (nSPS) is 11.1. The molecule has 0 fully saturated rings. The van der Waals surface area contributed by atoms with Gasteiger partial charge in [-0.25, -0.2) is 0 Å². The number of rotatable bonds is 10. The molecule has 0 aliphatic heterocycles. The Balaban J connectivity index is 1.79. The van der Waals surface area contributed by atoms with Gasteiger partial charge in [0.25, 0.3) is 17.7 Å². The number of nitrogens with one attached hydrogen (secondary N) is 4. The van der Waals surface area contributed by atoms with Crippen LogP contribution in [0.4, 0.5) is 5.69 Å². The summed E-state index contributed by atoms with van der Waals surface area (Å²) in [6.45, 7) is 6.19. The van der Waals surface area contributed by atoms with Gasteiger partial charge < -0.3 is 37.0 Å². The summed E-state index contributed by atoms with van der Waals surface area (Å²) in [5.41, 5.74) is 13.4. The van der Waals surface area contributed by atoms with Gasteiger partial charge in [0.1, 0.15) is 11.4 Å². The van der Waals surface area contributed by atoms with E-state index in [1.807, 2.05) is 4.57 Å². The van der Waals surface area contributed by atoms with Crippen LogP contribution in [0.5, 0.6) is 0 Å². The van der Waals surface area contributed by atoms with Gasteiger partial charge >= 0.3 is 0 Å². The van der Waals surface area contributed by atoms with E-state index in [1.165, 1.54) is 0 Å². The minimum atomic E-state index is -0.351. The summed E-state index contributed by atoms with van der Waals surface area (Å²) < 4.78 is 1.82. The first kappa shape index (κ1) is 24.0. The lowest BCUT2D eigenvalue weighted by atomic mass is 10.1. The van der Waals surface area contributed by atoms with Crippen LogP contribution >= 0.6 is 0 Å². The zero-order valence-corrected chi connectivity index (χ0v) is 18.9. The third-order valence-electron chi connectivity index (χ3n) is 4.94. The summed E-state index contributed by atoms with van der Waals surface area (Å²) in [5.74, 6) is -0.503. The van der Waals surface area contributed by atoms with Crippen LogP contribution in [0, 0.1) is 5.92 Å². The van der Waals surface area contributed by atoms with Crippen molar-refractivity contribution in [2.75, 3.05) is 31.5 Å². The Labute approximate surface area is 192 Å². The van der Waals surface area contributed by atoms with E-state index in [4.69, 9.17) is 11.5 Å². The number of aromatic nitrogens is 2. The molecule has 0 unspecified atom stereocenters. The van der Waals surface area contributed by atoms with E-state index in [-0.39, 0.29) is 17.7 Å². The van der Waals surface area contributed by atoms with Crippen LogP contribution in [0.1, 0.15) is 45.2 Å². The van der Waals surface area contributed by atoms with Crippen molar-refractivity contribution >= 4 is 34.3 Å². The third kappa shape index (κ3) is 5.99. The second-order valence-electron chi connectivity index (χ2n) is 8.19. The number of hydrogen-bond donors (Lipinski definition) is 6. The molecule has 0 saturated carbocycles. The van der Waals surface area contributed by atoms with Gasteiger partial charge in [-0.05, 0) is 36.2 Å². The number of fused-ring (bicyclic) bond motifs is 1. The van der Waals surface area contributed by atoms with Crippen molar-refractivity contribution in [1.82, 2.24) is 20.2 Å². The number of H-pyrrole nitrogens is 1. The lowest BCUT2D eigenvalue weighted by Crippen LogP contribution is -2.30. The Morgan fingerprint density at radius 3 is 2.33 bits per heavy atom. The fraction of sp³-hybridized carbons (Fsp3) is 0.348. The van der Waals surface area contributed by atoms with Gasteiger partial charge in [0.05, 0.1) is 5.69 Å². The van der Waals surface area contributed by atoms with E-state index in [0.29, 0.717) is 61.3 Å². The molecule has 0 aliphatic rings. The number of carbonyl (C=O) groups excluding carboxylic acids is 3. The Morgan fingerprint density at radius 1 is 0.970 bits per heavy atom. The molecule has 8 N–H and O–H groups in total. The Bertz CT molecular complexity index is 1150. The molecule has 2 aromatic heterocycles. The molecule has 10 heteroatoms. The zero-order chi connectivity index (χ0) is 24.0. The summed E-state index contributed by atoms with van der Waals surface area (Å²) in [7, 11) is 0. The van der Waals surface area contributed by atoms with E-state index in [2.05, 4.69) is 34.8 Å². The van der Waals surface area contributed by atoms with Gasteiger partial charge in [-0.1, -0.05) is 13.8 Å². The summed E-state index contributed by atoms with van der Waals surface area (Å²) in [4.78, 5) is 40.6. The van der Waals surface area contributed by atoms with Gasteiger partial charge in [0.15, 0.2) is 0 Å². The SMILES string of the molecule is CC(C)Cn1cc(NC(=O)c2cc3cc(C(=O)NCCN)ccc3[nH]2)cc1C(=O)NCCN. The molecule has 1 aromatic carbocycles. The summed E-state index contributed by atoms with van der Waals surface area (Å²) in [6, 6.07) is 8.49. The maximum atomic E-state index is 12.9. The predicted octanol–water partition coefficient (Wildman–Crippen LogP) is 1.25. The predicted molar refractivity (Wildman–Crippen MR) is 128 cm³/mol. The minimum absolute atomic E-state index is 0.221. The molecule has 0 radical (unpaired) electrons. The highest BCUT2D eigenvalue weighted by Gasteiger charge is 2.17. The zero-order valence-electron chi connectivity index (χ0n) is 18.9. The molecule has 3 rings (SSSR count). The molecular formula is C23H31N7O3. The number of nitrogens with zero attached hydrogens (tertiary/aromatic N) is 1. The maximum Gasteiger partial charge on any atom is 0.272 e. The molecule has 10 nitrogen and oxygen atoms in total. The second kappa shape index (κ2) is 10.8. The fourth-order valence-corrected chi connectivity index (χ4v) is 3.47. The number of nitrogens with two attached hydrogens (primary N) is 2. The maximum absolute atomic E-state index is 12.9. The topological polar surface area (TPSA) is 160 Å². The van der Waals surface area contributed by atoms with Gasteiger partial charge in [-0.15, -0.1) is 0 Å². The van der Waals surface area contributed by atoms with Crippen LogP contribution in [0.2, 0.25) is 0 Å². The number of benzene rings is 1. The van der Waals surface area contributed by atoms with Crippen molar-refractivity contribution in [2.45, 2.75) is 20.4 Å². The third-order valence-corrected chi connectivity index (χ3v) is 4.94. The minimum Gasteiger partial charge on any atom is -0.351 e. The average Bonchev–Trinajstić information content (AvgIpc) is 3.38. The fourth-order valence-electron chi connectivity index (χ4n) is 3.47. The first-order valence-electron chi connectivity index (χ1n) is 10.9. The van der Waals surface area contributed by atoms with Crippen LogP contribution in [0.25, 0.3) is 10.9 Å². The van der Waals surface area contributed by atoms with Crippen molar-refractivity contribution in [3.05, 3.63) is 53.5 Å². The van der Waals surface area contributed by atoms with Gasteiger partial charge in [-0.2, -0.15) is 0 Å². The molecule has 0 saturated heterocycles. The molecule has 33 heavy (non-hydrogen) atoms. The molecule has 0 atom stereocenters.